The second kappa shape index (κ2) is 8.60. The lowest BCUT2D eigenvalue weighted by Gasteiger charge is -2.26. The molecule has 0 saturated heterocycles. The van der Waals surface area contributed by atoms with Gasteiger partial charge in [0.15, 0.2) is 0 Å². The number of halogens is 1. The molecule has 1 aromatic rings. The zero-order chi connectivity index (χ0) is 20.2. The number of hydrogen-bond donors (Lipinski definition) is 0. The van der Waals surface area contributed by atoms with Crippen molar-refractivity contribution in [3.05, 3.63) is 77.8 Å². The summed E-state index contributed by atoms with van der Waals surface area (Å²) < 4.78 is 14.0. The first-order chi connectivity index (χ1) is 12.6. The molecule has 2 nitrogen and oxygen atoms in total. The molecule has 0 radical (unpaired) electrons. The van der Waals surface area contributed by atoms with Crippen LogP contribution < -0.4 is 0 Å². The number of hydrogen-bond acceptors (Lipinski definition) is 2. The monoisotopic (exact) mass is 368 g/mol. The van der Waals surface area contributed by atoms with Gasteiger partial charge in [0.05, 0.1) is 5.70 Å². The molecule has 0 bridgehead atoms. The highest BCUT2D eigenvalue weighted by molar-refractivity contribution is 5.73. The van der Waals surface area contributed by atoms with Crippen LogP contribution in [0, 0.1) is 0 Å². The Morgan fingerprint density at radius 3 is 2.59 bits per heavy atom. The Balaban J connectivity index is 2.25. The van der Waals surface area contributed by atoms with Crippen molar-refractivity contribution in [2.75, 3.05) is 20.1 Å². The van der Waals surface area contributed by atoms with Gasteiger partial charge in [-0.05, 0) is 56.9 Å². The molecule has 1 heterocycles. The molecule has 0 saturated carbocycles. The van der Waals surface area contributed by atoms with Gasteiger partial charge < -0.3 is 9.80 Å². The van der Waals surface area contributed by atoms with E-state index in [9.17, 15) is 4.39 Å². The zero-order valence-corrected chi connectivity index (χ0v) is 17.5. The summed E-state index contributed by atoms with van der Waals surface area (Å²) in [5.74, 6) is 0. The molecule has 0 amide bonds. The maximum atomic E-state index is 14.0. The van der Waals surface area contributed by atoms with Gasteiger partial charge in [-0.25, -0.2) is 4.39 Å². The molecule has 3 heteroatoms. The molecule has 1 aliphatic heterocycles. The van der Waals surface area contributed by atoms with E-state index in [2.05, 4.69) is 49.1 Å². The first-order valence-electron chi connectivity index (χ1n) is 9.59. The molecule has 0 aromatic heterocycles. The van der Waals surface area contributed by atoms with Crippen LogP contribution in [0.4, 0.5) is 4.39 Å². The summed E-state index contributed by atoms with van der Waals surface area (Å²) in [5.41, 5.74) is 5.18. The molecule has 0 unspecified atom stereocenters. The number of nitrogens with zero attached hydrogens (tertiary/aromatic N) is 2. The third kappa shape index (κ3) is 5.85. The van der Waals surface area contributed by atoms with E-state index in [0.717, 1.165) is 41.9 Å². The van der Waals surface area contributed by atoms with E-state index in [1.807, 2.05) is 31.2 Å². The van der Waals surface area contributed by atoms with Crippen molar-refractivity contribution in [2.24, 2.45) is 0 Å². The standard InChI is InChI=1S/C24H33FN2/c1-18(2)27-15-9-14-26(7)23(20(27)4)13-12-19(3)22-11-8-10-21(16-22)17-24(5,6)25/h8,10-13,16H,1,3,9,14-15,17H2,2,4-7H3/b13-12-. The minimum atomic E-state index is -1.22. The van der Waals surface area contributed by atoms with Crippen molar-refractivity contribution in [1.82, 2.24) is 9.80 Å². The zero-order valence-electron chi connectivity index (χ0n) is 17.5. The topological polar surface area (TPSA) is 6.48 Å². The average molecular weight is 369 g/mol. The first-order valence-corrected chi connectivity index (χ1v) is 9.59. The van der Waals surface area contributed by atoms with Crippen LogP contribution in [0.3, 0.4) is 0 Å². The quantitative estimate of drug-likeness (QED) is 0.573. The first kappa shape index (κ1) is 21.0. The highest BCUT2D eigenvalue weighted by Crippen LogP contribution is 2.25. The number of benzene rings is 1. The maximum absolute atomic E-state index is 14.0. The summed E-state index contributed by atoms with van der Waals surface area (Å²) in [4.78, 5) is 4.56. The molecule has 146 valence electrons. The van der Waals surface area contributed by atoms with Gasteiger partial charge in [-0.2, -0.15) is 0 Å². The van der Waals surface area contributed by atoms with E-state index >= 15 is 0 Å². The molecular weight excluding hydrogens is 335 g/mol. The fourth-order valence-electron chi connectivity index (χ4n) is 3.54. The predicted molar refractivity (Wildman–Crippen MR) is 115 cm³/mol. The molecule has 0 atom stereocenters. The molecule has 0 aliphatic carbocycles. The van der Waals surface area contributed by atoms with E-state index in [4.69, 9.17) is 0 Å². The number of alkyl halides is 1. The third-order valence-electron chi connectivity index (χ3n) is 4.89. The van der Waals surface area contributed by atoms with Crippen molar-refractivity contribution in [3.8, 4) is 0 Å². The fraction of sp³-hybridized carbons (Fsp3) is 0.417. The second-order valence-electron chi connectivity index (χ2n) is 8.09. The van der Waals surface area contributed by atoms with Crippen molar-refractivity contribution in [3.63, 3.8) is 0 Å². The Labute approximate surface area is 164 Å². The normalized spacial score (nSPS) is 16.1. The number of allylic oxidation sites excluding steroid dienone is 5. The SMILES string of the molecule is C=C(/C=C\C1=C(C)N(C(=C)C)CCCN1C)c1cccc(CC(C)(C)F)c1. The van der Waals surface area contributed by atoms with Crippen LogP contribution in [0.5, 0.6) is 0 Å². The molecule has 0 fully saturated rings. The smallest absolute Gasteiger partial charge is 0.109 e. The maximum Gasteiger partial charge on any atom is 0.109 e. The Bertz CT molecular complexity index is 765. The van der Waals surface area contributed by atoms with E-state index < -0.39 is 5.67 Å². The van der Waals surface area contributed by atoms with E-state index in [-0.39, 0.29) is 0 Å². The van der Waals surface area contributed by atoms with Crippen LogP contribution in [0.1, 0.15) is 45.2 Å². The molecule has 0 N–H and O–H groups in total. The van der Waals surface area contributed by atoms with Crippen LogP contribution in [-0.2, 0) is 6.42 Å². The molecule has 1 aliphatic rings. The summed E-state index contributed by atoms with van der Waals surface area (Å²) in [5, 5.41) is 0. The minimum Gasteiger partial charge on any atom is -0.373 e. The van der Waals surface area contributed by atoms with Gasteiger partial charge in [0.1, 0.15) is 5.67 Å². The van der Waals surface area contributed by atoms with Crippen LogP contribution in [0.15, 0.2) is 66.7 Å². The molecule has 2 rings (SSSR count). The summed E-state index contributed by atoms with van der Waals surface area (Å²) in [6.45, 7) is 17.7. The molecule has 0 spiro atoms. The van der Waals surface area contributed by atoms with E-state index in [1.165, 1.54) is 11.4 Å². The van der Waals surface area contributed by atoms with Crippen molar-refractivity contribution >= 4 is 5.57 Å². The van der Waals surface area contributed by atoms with Gasteiger partial charge in [0.2, 0.25) is 0 Å². The fourth-order valence-corrected chi connectivity index (χ4v) is 3.54. The summed E-state index contributed by atoms with van der Waals surface area (Å²) >= 11 is 0. The van der Waals surface area contributed by atoms with Gasteiger partial charge in [0.25, 0.3) is 0 Å². The summed E-state index contributed by atoms with van der Waals surface area (Å²) in [6, 6.07) is 8.00. The lowest BCUT2D eigenvalue weighted by molar-refractivity contribution is 0.217. The summed E-state index contributed by atoms with van der Waals surface area (Å²) in [7, 11) is 2.12. The second-order valence-corrected chi connectivity index (χ2v) is 8.09. The average Bonchev–Trinajstić information content (AvgIpc) is 2.70. The van der Waals surface area contributed by atoms with Crippen molar-refractivity contribution in [2.45, 2.75) is 46.2 Å². The van der Waals surface area contributed by atoms with Gasteiger partial charge in [0, 0.05) is 38.0 Å². The molecule has 1 aromatic carbocycles. The highest BCUT2D eigenvalue weighted by atomic mass is 19.1. The Morgan fingerprint density at radius 1 is 1.26 bits per heavy atom. The highest BCUT2D eigenvalue weighted by Gasteiger charge is 2.18. The van der Waals surface area contributed by atoms with E-state index in [0.29, 0.717) is 6.42 Å². The Kier molecular flexibility index (Phi) is 6.69. The van der Waals surface area contributed by atoms with Crippen molar-refractivity contribution in [1.29, 1.82) is 0 Å². The Hall–Kier alpha value is -2.29. The number of likely N-dealkylation sites (N-methyl/N-ethyl adjacent to an activating group) is 1. The minimum absolute atomic E-state index is 0.401. The predicted octanol–water partition coefficient (Wildman–Crippen LogP) is 5.95. The Morgan fingerprint density at radius 2 is 1.96 bits per heavy atom. The molecule has 27 heavy (non-hydrogen) atoms. The lowest BCUT2D eigenvalue weighted by atomic mass is 9.96. The van der Waals surface area contributed by atoms with Crippen LogP contribution in [0.2, 0.25) is 0 Å². The van der Waals surface area contributed by atoms with Gasteiger partial charge in [-0.3, -0.25) is 0 Å². The lowest BCUT2D eigenvalue weighted by Crippen LogP contribution is -2.20. The third-order valence-corrected chi connectivity index (χ3v) is 4.89. The number of rotatable bonds is 6. The van der Waals surface area contributed by atoms with Gasteiger partial charge in [-0.1, -0.05) is 43.5 Å². The summed E-state index contributed by atoms with van der Waals surface area (Å²) in [6.07, 6.45) is 5.68. The van der Waals surface area contributed by atoms with Crippen LogP contribution in [0.25, 0.3) is 5.57 Å². The van der Waals surface area contributed by atoms with Crippen molar-refractivity contribution < 1.29 is 4.39 Å². The van der Waals surface area contributed by atoms with Crippen LogP contribution >= 0.6 is 0 Å². The molecular formula is C24H33FN2. The largest absolute Gasteiger partial charge is 0.373 e. The van der Waals surface area contributed by atoms with E-state index in [1.54, 1.807) is 13.8 Å². The van der Waals surface area contributed by atoms with Gasteiger partial charge in [-0.15, -0.1) is 0 Å². The van der Waals surface area contributed by atoms with Gasteiger partial charge >= 0.3 is 0 Å². The van der Waals surface area contributed by atoms with Crippen LogP contribution in [-0.4, -0.2) is 35.6 Å².